The van der Waals surface area contributed by atoms with Crippen LogP contribution in [0.5, 0.6) is 0 Å². The predicted molar refractivity (Wildman–Crippen MR) is 81.0 cm³/mol. The monoisotopic (exact) mass is 275 g/mol. The van der Waals surface area contributed by atoms with E-state index < -0.39 is 0 Å². The van der Waals surface area contributed by atoms with Crippen LogP contribution in [0.4, 0.5) is 0 Å². The molecule has 0 radical (unpaired) electrons. The molecule has 21 heavy (non-hydrogen) atoms. The first-order chi connectivity index (χ1) is 10.2. The van der Waals surface area contributed by atoms with E-state index in [1.165, 1.54) is 4.68 Å². The van der Waals surface area contributed by atoms with Crippen molar-refractivity contribution in [2.75, 3.05) is 0 Å². The maximum atomic E-state index is 12.5. The van der Waals surface area contributed by atoms with Gasteiger partial charge in [0.1, 0.15) is 0 Å². The normalized spacial score (nSPS) is 10.5. The van der Waals surface area contributed by atoms with Crippen molar-refractivity contribution >= 4 is 10.8 Å². The fourth-order valence-corrected chi connectivity index (χ4v) is 2.37. The minimum Gasteiger partial charge on any atom is -0.267 e. The summed E-state index contributed by atoms with van der Waals surface area (Å²) in [7, 11) is 0. The van der Waals surface area contributed by atoms with Crippen LogP contribution in [-0.4, -0.2) is 9.78 Å². The number of aromatic nitrogens is 2. The summed E-state index contributed by atoms with van der Waals surface area (Å²) in [4.78, 5) is 12.5. The molecule has 0 N–H and O–H groups in total. The SMILES string of the molecule is Cc1nn(Cc2ccc(C#N)cc2)c(=O)c2ccccc12. The summed E-state index contributed by atoms with van der Waals surface area (Å²) in [5, 5.41) is 14.7. The zero-order valence-electron chi connectivity index (χ0n) is 11.6. The summed E-state index contributed by atoms with van der Waals surface area (Å²) in [5.41, 5.74) is 2.28. The van der Waals surface area contributed by atoms with E-state index >= 15 is 0 Å². The highest BCUT2D eigenvalue weighted by Gasteiger charge is 2.07. The molecule has 0 spiro atoms. The van der Waals surface area contributed by atoms with Crippen molar-refractivity contribution in [2.24, 2.45) is 0 Å². The highest BCUT2D eigenvalue weighted by molar-refractivity contribution is 5.83. The Hall–Kier alpha value is -2.93. The van der Waals surface area contributed by atoms with Crippen molar-refractivity contribution in [3.63, 3.8) is 0 Å². The quantitative estimate of drug-likeness (QED) is 0.722. The van der Waals surface area contributed by atoms with Gasteiger partial charge < -0.3 is 0 Å². The lowest BCUT2D eigenvalue weighted by molar-refractivity contribution is 0.638. The Kier molecular flexibility index (Phi) is 3.25. The van der Waals surface area contributed by atoms with Gasteiger partial charge in [0.15, 0.2) is 0 Å². The fourth-order valence-electron chi connectivity index (χ4n) is 2.37. The Morgan fingerprint density at radius 1 is 1.10 bits per heavy atom. The molecule has 1 heterocycles. The number of hydrogen-bond acceptors (Lipinski definition) is 3. The predicted octanol–water partition coefficient (Wildman–Crippen LogP) is 2.62. The standard InChI is InChI=1S/C17H13N3O/c1-12-15-4-2-3-5-16(15)17(21)20(19-12)11-14-8-6-13(10-18)7-9-14/h2-9H,11H2,1H3. The molecule has 0 saturated heterocycles. The van der Waals surface area contributed by atoms with Gasteiger partial charge in [-0.15, -0.1) is 0 Å². The first kappa shape index (κ1) is 13.1. The van der Waals surface area contributed by atoms with Crippen molar-refractivity contribution in [3.05, 3.63) is 75.7 Å². The van der Waals surface area contributed by atoms with Crippen LogP contribution >= 0.6 is 0 Å². The van der Waals surface area contributed by atoms with E-state index in [9.17, 15) is 4.79 Å². The molecule has 4 heteroatoms. The highest BCUT2D eigenvalue weighted by Crippen LogP contribution is 2.12. The maximum absolute atomic E-state index is 12.5. The van der Waals surface area contributed by atoms with Crippen LogP contribution in [0.1, 0.15) is 16.8 Å². The minimum absolute atomic E-state index is 0.0967. The molecule has 0 aliphatic rings. The summed E-state index contributed by atoms with van der Waals surface area (Å²) in [6.45, 7) is 2.30. The Morgan fingerprint density at radius 2 is 1.76 bits per heavy atom. The summed E-state index contributed by atoms with van der Waals surface area (Å²) in [6, 6.07) is 16.7. The van der Waals surface area contributed by atoms with Gasteiger partial charge in [0.2, 0.25) is 0 Å². The molecule has 0 saturated carbocycles. The van der Waals surface area contributed by atoms with Gasteiger partial charge in [-0.25, -0.2) is 4.68 Å². The lowest BCUT2D eigenvalue weighted by atomic mass is 10.1. The lowest BCUT2D eigenvalue weighted by Gasteiger charge is -2.08. The average molecular weight is 275 g/mol. The maximum Gasteiger partial charge on any atom is 0.274 e. The van der Waals surface area contributed by atoms with Crippen LogP contribution in [0.25, 0.3) is 10.8 Å². The highest BCUT2D eigenvalue weighted by atomic mass is 16.1. The largest absolute Gasteiger partial charge is 0.274 e. The van der Waals surface area contributed by atoms with Gasteiger partial charge in [0, 0.05) is 5.39 Å². The number of nitrogens with zero attached hydrogens (tertiary/aromatic N) is 3. The molecule has 0 fully saturated rings. The molecule has 3 rings (SSSR count). The molecule has 4 nitrogen and oxygen atoms in total. The molecule has 3 aromatic rings. The van der Waals surface area contributed by atoms with Gasteiger partial charge in [0.05, 0.1) is 29.3 Å². The second-order valence-corrected chi connectivity index (χ2v) is 4.90. The number of nitriles is 1. The lowest BCUT2D eigenvalue weighted by Crippen LogP contribution is -2.24. The van der Waals surface area contributed by atoms with Gasteiger partial charge in [-0.05, 0) is 30.7 Å². The zero-order chi connectivity index (χ0) is 14.8. The topological polar surface area (TPSA) is 58.7 Å². The Balaban J connectivity index is 2.06. The van der Waals surface area contributed by atoms with Gasteiger partial charge >= 0.3 is 0 Å². The second kappa shape index (κ2) is 5.22. The van der Waals surface area contributed by atoms with Gasteiger partial charge in [-0.2, -0.15) is 10.4 Å². The van der Waals surface area contributed by atoms with Crippen LogP contribution in [0.3, 0.4) is 0 Å². The van der Waals surface area contributed by atoms with Crippen molar-refractivity contribution in [2.45, 2.75) is 13.5 Å². The molecule has 0 atom stereocenters. The summed E-state index contributed by atoms with van der Waals surface area (Å²) in [5.74, 6) is 0. The van der Waals surface area contributed by atoms with E-state index in [-0.39, 0.29) is 5.56 Å². The van der Waals surface area contributed by atoms with E-state index in [1.807, 2.05) is 43.3 Å². The van der Waals surface area contributed by atoms with Crippen LogP contribution in [0.15, 0.2) is 53.3 Å². The first-order valence-electron chi connectivity index (χ1n) is 6.64. The van der Waals surface area contributed by atoms with Crippen molar-refractivity contribution < 1.29 is 0 Å². The Morgan fingerprint density at radius 3 is 2.43 bits per heavy atom. The minimum atomic E-state index is -0.0967. The van der Waals surface area contributed by atoms with Crippen LogP contribution in [0.2, 0.25) is 0 Å². The van der Waals surface area contributed by atoms with Gasteiger partial charge in [-0.1, -0.05) is 30.3 Å². The van der Waals surface area contributed by atoms with Crippen LogP contribution in [-0.2, 0) is 6.54 Å². The Bertz CT molecular complexity index is 902. The third-order valence-corrected chi connectivity index (χ3v) is 3.47. The van der Waals surface area contributed by atoms with E-state index in [0.717, 1.165) is 16.6 Å². The number of rotatable bonds is 2. The van der Waals surface area contributed by atoms with Crippen molar-refractivity contribution in [1.82, 2.24) is 9.78 Å². The Labute approximate surface area is 121 Å². The van der Waals surface area contributed by atoms with Crippen LogP contribution in [0, 0.1) is 18.3 Å². The molecular formula is C17H13N3O. The summed E-state index contributed by atoms with van der Waals surface area (Å²) in [6.07, 6.45) is 0. The zero-order valence-corrected chi connectivity index (χ0v) is 11.6. The molecule has 102 valence electrons. The fraction of sp³-hybridized carbons (Fsp3) is 0.118. The van der Waals surface area contributed by atoms with E-state index in [4.69, 9.17) is 5.26 Å². The summed E-state index contributed by atoms with van der Waals surface area (Å²) >= 11 is 0. The number of hydrogen-bond donors (Lipinski definition) is 0. The van der Waals surface area contributed by atoms with Crippen molar-refractivity contribution in [3.8, 4) is 6.07 Å². The number of aryl methyl sites for hydroxylation is 1. The smallest absolute Gasteiger partial charge is 0.267 e. The second-order valence-electron chi connectivity index (χ2n) is 4.90. The molecule has 0 aliphatic heterocycles. The molecule has 1 aromatic heterocycles. The van der Waals surface area contributed by atoms with Gasteiger partial charge in [0.25, 0.3) is 5.56 Å². The summed E-state index contributed by atoms with van der Waals surface area (Å²) < 4.78 is 1.47. The number of benzene rings is 2. The third kappa shape index (κ3) is 2.41. The molecule has 0 aliphatic carbocycles. The van der Waals surface area contributed by atoms with E-state index in [2.05, 4.69) is 11.2 Å². The first-order valence-corrected chi connectivity index (χ1v) is 6.64. The third-order valence-electron chi connectivity index (χ3n) is 3.47. The molecule has 0 bridgehead atoms. The molecular weight excluding hydrogens is 262 g/mol. The van der Waals surface area contributed by atoms with Gasteiger partial charge in [-0.3, -0.25) is 4.79 Å². The molecule has 0 amide bonds. The van der Waals surface area contributed by atoms with Crippen LogP contribution < -0.4 is 5.56 Å². The van der Waals surface area contributed by atoms with E-state index in [1.54, 1.807) is 12.1 Å². The van der Waals surface area contributed by atoms with Crippen molar-refractivity contribution in [1.29, 1.82) is 5.26 Å². The molecule has 0 unspecified atom stereocenters. The molecule has 2 aromatic carbocycles. The average Bonchev–Trinajstić information content (AvgIpc) is 2.53. The van der Waals surface area contributed by atoms with E-state index in [0.29, 0.717) is 17.5 Å². The number of fused-ring (bicyclic) bond motifs is 1.